The van der Waals surface area contributed by atoms with Gasteiger partial charge in [0.1, 0.15) is 5.75 Å². The maximum absolute atomic E-state index is 5.44. The molecule has 1 heterocycles. The summed E-state index contributed by atoms with van der Waals surface area (Å²) in [6.07, 6.45) is 1.80. The van der Waals surface area contributed by atoms with E-state index in [-0.39, 0.29) is 0 Å². The number of methoxy groups -OCH3 is 1. The van der Waals surface area contributed by atoms with Crippen molar-refractivity contribution >= 4 is 11.8 Å². The van der Waals surface area contributed by atoms with Gasteiger partial charge in [-0.3, -0.25) is 0 Å². The van der Waals surface area contributed by atoms with Gasteiger partial charge in [-0.25, -0.2) is 9.97 Å². The van der Waals surface area contributed by atoms with E-state index in [4.69, 9.17) is 4.74 Å². The third-order valence-corrected chi connectivity index (χ3v) is 3.96. The fraction of sp³-hybridized carbons (Fsp3) is 0.375. The van der Waals surface area contributed by atoms with E-state index in [9.17, 15) is 0 Å². The van der Waals surface area contributed by atoms with Gasteiger partial charge in [-0.15, -0.1) is 0 Å². The Labute approximate surface area is 130 Å². The molecule has 1 aromatic heterocycles. The van der Waals surface area contributed by atoms with Gasteiger partial charge in [-0.2, -0.15) is 0 Å². The van der Waals surface area contributed by atoms with Crippen molar-refractivity contribution in [2.24, 2.45) is 0 Å². The van der Waals surface area contributed by atoms with Crippen molar-refractivity contribution in [2.75, 3.05) is 13.7 Å². The molecule has 112 valence electrons. The van der Waals surface area contributed by atoms with Gasteiger partial charge in [0.15, 0.2) is 5.16 Å². The maximum Gasteiger partial charge on any atom is 0.188 e. The zero-order valence-electron chi connectivity index (χ0n) is 12.7. The molecule has 2 aromatic rings. The number of ether oxygens (including phenoxy) is 1. The Bertz CT molecular complexity index is 589. The van der Waals surface area contributed by atoms with Crippen molar-refractivity contribution in [1.29, 1.82) is 0 Å². The Kier molecular flexibility index (Phi) is 6.02. The highest BCUT2D eigenvalue weighted by Gasteiger charge is 2.07. The second-order valence-electron chi connectivity index (χ2n) is 4.70. The predicted molar refractivity (Wildman–Crippen MR) is 86.7 cm³/mol. The molecule has 0 aliphatic heterocycles. The molecule has 1 N–H and O–H groups in total. The Hall–Kier alpha value is -1.59. The second kappa shape index (κ2) is 8.00. The van der Waals surface area contributed by atoms with Crippen molar-refractivity contribution in [3.05, 3.63) is 47.3 Å². The summed E-state index contributed by atoms with van der Waals surface area (Å²) in [6.45, 7) is 5.92. The average molecular weight is 303 g/mol. The summed E-state index contributed by atoms with van der Waals surface area (Å²) in [5.41, 5.74) is 3.42. The average Bonchev–Trinajstić information content (AvgIpc) is 2.51. The van der Waals surface area contributed by atoms with Gasteiger partial charge in [0, 0.05) is 29.8 Å². The van der Waals surface area contributed by atoms with Gasteiger partial charge in [-0.05, 0) is 37.2 Å². The highest BCUT2D eigenvalue weighted by Crippen LogP contribution is 2.27. The number of nitrogens with zero attached hydrogens (tertiary/aromatic N) is 2. The molecule has 1 aromatic carbocycles. The van der Waals surface area contributed by atoms with E-state index in [0.29, 0.717) is 0 Å². The lowest BCUT2D eigenvalue weighted by Gasteiger charge is -2.11. The van der Waals surface area contributed by atoms with Crippen LogP contribution in [0.2, 0.25) is 0 Å². The van der Waals surface area contributed by atoms with E-state index in [1.807, 2.05) is 19.1 Å². The van der Waals surface area contributed by atoms with Crippen LogP contribution in [0, 0.1) is 6.92 Å². The van der Waals surface area contributed by atoms with Crippen LogP contribution in [0.15, 0.2) is 35.6 Å². The van der Waals surface area contributed by atoms with Crippen LogP contribution in [0.4, 0.5) is 0 Å². The molecule has 0 atom stereocenters. The van der Waals surface area contributed by atoms with Gasteiger partial charge < -0.3 is 10.1 Å². The molecule has 0 saturated carbocycles. The molecule has 0 aliphatic carbocycles. The van der Waals surface area contributed by atoms with Gasteiger partial charge in [0.2, 0.25) is 0 Å². The summed E-state index contributed by atoms with van der Waals surface area (Å²) in [7, 11) is 1.70. The minimum atomic E-state index is 0.798. The smallest absolute Gasteiger partial charge is 0.188 e. The highest BCUT2D eigenvalue weighted by molar-refractivity contribution is 7.98. The quantitative estimate of drug-likeness (QED) is 0.629. The van der Waals surface area contributed by atoms with Crippen molar-refractivity contribution in [3.63, 3.8) is 0 Å². The molecule has 0 radical (unpaired) electrons. The lowest BCUT2D eigenvalue weighted by atomic mass is 10.1. The van der Waals surface area contributed by atoms with Gasteiger partial charge >= 0.3 is 0 Å². The molecule has 0 unspecified atom stereocenters. The molecular weight excluding hydrogens is 282 g/mol. The molecule has 2 rings (SSSR count). The third-order valence-electron chi connectivity index (χ3n) is 3.05. The van der Waals surface area contributed by atoms with Crippen molar-refractivity contribution in [2.45, 2.75) is 31.3 Å². The van der Waals surface area contributed by atoms with Crippen molar-refractivity contribution in [1.82, 2.24) is 15.3 Å². The van der Waals surface area contributed by atoms with Crippen LogP contribution in [0.3, 0.4) is 0 Å². The first-order chi connectivity index (χ1) is 10.2. The number of thioether (sulfide) groups is 1. The molecule has 0 fully saturated rings. The molecular formula is C16H21N3OS. The zero-order chi connectivity index (χ0) is 15.1. The molecule has 0 bridgehead atoms. The number of hydrogen-bond donors (Lipinski definition) is 1. The summed E-state index contributed by atoms with van der Waals surface area (Å²) >= 11 is 1.63. The molecule has 5 heteroatoms. The minimum Gasteiger partial charge on any atom is -0.496 e. The van der Waals surface area contributed by atoms with E-state index in [2.05, 4.69) is 34.3 Å². The lowest BCUT2D eigenvalue weighted by Crippen LogP contribution is -2.11. The standard InChI is InChI=1S/C16H21N3OS/c1-4-17-10-13-5-6-15(20-3)14(9-13)11-21-16-18-8-7-12(2)19-16/h5-9,17H,4,10-11H2,1-3H3. The summed E-state index contributed by atoms with van der Waals surface area (Å²) < 4.78 is 5.44. The molecule has 21 heavy (non-hydrogen) atoms. The Balaban J connectivity index is 2.09. The third kappa shape index (κ3) is 4.72. The Morgan fingerprint density at radius 2 is 2.14 bits per heavy atom. The summed E-state index contributed by atoms with van der Waals surface area (Å²) in [5.74, 6) is 1.71. The van der Waals surface area contributed by atoms with Gasteiger partial charge in [0.25, 0.3) is 0 Å². The number of nitrogens with one attached hydrogen (secondary N) is 1. The highest BCUT2D eigenvalue weighted by atomic mass is 32.2. The SMILES string of the molecule is CCNCc1ccc(OC)c(CSc2nccc(C)n2)c1. The van der Waals surface area contributed by atoms with Crippen LogP contribution in [-0.2, 0) is 12.3 Å². The number of rotatable bonds is 7. The van der Waals surface area contributed by atoms with Crippen LogP contribution in [0.25, 0.3) is 0 Å². The Morgan fingerprint density at radius 1 is 1.29 bits per heavy atom. The first kappa shape index (κ1) is 15.8. The topological polar surface area (TPSA) is 47.0 Å². The van der Waals surface area contributed by atoms with Crippen molar-refractivity contribution < 1.29 is 4.74 Å². The molecule has 0 saturated heterocycles. The first-order valence-electron chi connectivity index (χ1n) is 7.02. The summed E-state index contributed by atoms with van der Waals surface area (Å²) in [4.78, 5) is 8.70. The van der Waals surface area contributed by atoms with Gasteiger partial charge in [0.05, 0.1) is 7.11 Å². The van der Waals surface area contributed by atoms with E-state index < -0.39 is 0 Å². The fourth-order valence-electron chi connectivity index (χ4n) is 1.96. The molecule has 0 aliphatic rings. The normalized spacial score (nSPS) is 10.6. The van der Waals surface area contributed by atoms with E-state index >= 15 is 0 Å². The van der Waals surface area contributed by atoms with E-state index in [1.165, 1.54) is 11.1 Å². The largest absolute Gasteiger partial charge is 0.496 e. The monoisotopic (exact) mass is 303 g/mol. The van der Waals surface area contributed by atoms with Crippen LogP contribution in [-0.4, -0.2) is 23.6 Å². The van der Waals surface area contributed by atoms with Crippen LogP contribution < -0.4 is 10.1 Å². The molecule has 4 nitrogen and oxygen atoms in total. The molecule has 0 spiro atoms. The number of aryl methyl sites for hydroxylation is 1. The number of hydrogen-bond acceptors (Lipinski definition) is 5. The van der Waals surface area contributed by atoms with Crippen LogP contribution >= 0.6 is 11.8 Å². The summed E-state index contributed by atoms with van der Waals surface area (Å²) in [5, 5.41) is 4.14. The zero-order valence-corrected chi connectivity index (χ0v) is 13.5. The molecule has 0 amide bonds. The second-order valence-corrected chi connectivity index (χ2v) is 5.64. The maximum atomic E-state index is 5.44. The lowest BCUT2D eigenvalue weighted by molar-refractivity contribution is 0.411. The fourth-order valence-corrected chi connectivity index (χ4v) is 2.82. The van der Waals surface area contributed by atoms with Crippen LogP contribution in [0.5, 0.6) is 5.75 Å². The van der Waals surface area contributed by atoms with E-state index in [0.717, 1.165) is 35.4 Å². The van der Waals surface area contributed by atoms with Crippen molar-refractivity contribution in [3.8, 4) is 5.75 Å². The van der Waals surface area contributed by atoms with Gasteiger partial charge in [-0.1, -0.05) is 24.8 Å². The predicted octanol–water partition coefficient (Wildman–Crippen LogP) is 3.20. The first-order valence-corrected chi connectivity index (χ1v) is 8.00. The van der Waals surface area contributed by atoms with E-state index in [1.54, 1.807) is 25.1 Å². The summed E-state index contributed by atoms with van der Waals surface area (Å²) in [6, 6.07) is 8.21. The van der Waals surface area contributed by atoms with Crippen LogP contribution in [0.1, 0.15) is 23.7 Å². The number of aromatic nitrogens is 2. The Morgan fingerprint density at radius 3 is 2.86 bits per heavy atom. The number of benzene rings is 1. The minimum absolute atomic E-state index is 0.798.